The second-order valence-corrected chi connectivity index (χ2v) is 12.0. The highest BCUT2D eigenvalue weighted by Gasteiger charge is 2.34. The maximum atomic E-state index is 15.0. The van der Waals surface area contributed by atoms with Crippen LogP contribution < -0.4 is 16.0 Å². The van der Waals surface area contributed by atoms with Gasteiger partial charge < -0.3 is 20.8 Å². The molecule has 0 bridgehead atoms. The minimum absolute atomic E-state index is 0.0365. The Balaban J connectivity index is 1.56. The van der Waals surface area contributed by atoms with E-state index in [2.05, 4.69) is 25.8 Å². The van der Waals surface area contributed by atoms with Gasteiger partial charge in [0, 0.05) is 29.5 Å². The van der Waals surface area contributed by atoms with E-state index in [4.69, 9.17) is 6.57 Å². The third kappa shape index (κ3) is 6.51. The van der Waals surface area contributed by atoms with Crippen LogP contribution >= 0.6 is 11.3 Å². The highest BCUT2D eigenvalue weighted by molar-refractivity contribution is 7.91. The number of thiazole rings is 1. The summed E-state index contributed by atoms with van der Waals surface area (Å²) in [7, 11) is -3.96. The maximum absolute atomic E-state index is 15.0. The molecule has 3 aromatic rings. The Morgan fingerprint density at radius 1 is 1.18 bits per heavy atom. The minimum atomic E-state index is -3.96. The quantitative estimate of drug-likeness (QED) is 0.258. The van der Waals surface area contributed by atoms with E-state index in [0.29, 0.717) is 15.8 Å². The first kappa shape index (κ1) is 27.2. The van der Waals surface area contributed by atoms with Crippen LogP contribution in [-0.4, -0.2) is 63.1 Å². The van der Waals surface area contributed by atoms with Crippen molar-refractivity contribution >= 4 is 49.1 Å². The van der Waals surface area contributed by atoms with Gasteiger partial charge in [-0.05, 0) is 36.6 Å². The van der Waals surface area contributed by atoms with Gasteiger partial charge in [-0.3, -0.25) is 14.4 Å². The predicted molar refractivity (Wildman–Crippen MR) is 141 cm³/mol. The lowest BCUT2D eigenvalue weighted by Crippen LogP contribution is -2.41. The van der Waals surface area contributed by atoms with E-state index in [0.717, 1.165) is 36.5 Å². The molecule has 3 amide bonds. The van der Waals surface area contributed by atoms with Gasteiger partial charge in [-0.15, -0.1) is 11.3 Å². The van der Waals surface area contributed by atoms with Gasteiger partial charge in [0.15, 0.2) is 15.1 Å². The largest absolute Gasteiger partial charge is 0.352 e. The zero-order chi connectivity index (χ0) is 27.4. The lowest BCUT2D eigenvalue weighted by molar-refractivity contribution is -0.126. The van der Waals surface area contributed by atoms with Crippen LogP contribution in [0.2, 0.25) is 0 Å². The van der Waals surface area contributed by atoms with Gasteiger partial charge in [-0.1, -0.05) is 12.1 Å². The lowest BCUT2D eigenvalue weighted by atomic mass is 10.0. The van der Waals surface area contributed by atoms with Crippen LogP contribution in [0, 0.1) is 12.4 Å². The number of nitrogens with one attached hydrogen (secondary N) is 3. The number of sulfone groups is 1. The molecule has 1 fully saturated rings. The van der Waals surface area contributed by atoms with Gasteiger partial charge in [0.2, 0.25) is 18.4 Å². The number of carbonyl (C=O) groups is 3. The van der Waals surface area contributed by atoms with Gasteiger partial charge in [-0.2, -0.15) is 0 Å². The maximum Gasteiger partial charge on any atom is 0.251 e. The summed E-state index contributed by atoms with van der Waals surface area (Å²) in [6, 6.07) is 9.00. The number of aromatic nitrogens is 1. The summed E-state index contributed by atoms with van der Waals surface area (Å²) in [5.41, 5.74) is 1.24. The molecule has 10 nitrogen and oxygen atoms in total. The minimum Gasteiger partial charge on any atom is -0.352 e. The first-order valence-electron chi connectivity index (χ1n) is 11.6. The molecule has 2 aromatic carbocycles. The Labute approximate surface area is 222 Å². The highest BCUT2D eigenvalue weighted by atomic mass is 32.2. The average molecular weight is 558 g/mol. The van der Waals surface area contributed by atoms with Crippen molar-refractivity contribution in [1.29, 1.82) is 0 Å². The third-order valence-electron chi connectivity index (χ3n) is 5.72. The standard InChI is InChI=1S/C25H24FN5O5S2/c1-27-9-10-28-23(33)15-5-3-14(4-6-15)17-11-20-19(12-18(17)26)31-25(37-20)22(38(2,35)36)24(34)29-13-21(32)30-16-7-8-16/h3-6,11-12,16,22H,7-10,13H2,2H3,(H,28,33)(H,29,34)(H,30,32). The normalized spacial score (nSPS) is 13.9. The molecule has 1 saturated carbocycles. The van der Waals surface area contributed by atoms with E-state index >= 15 is 4.39 Å². The Morgan fingerprint density at radius 3 is 2.53 bits per heavy atom. The highest BCUT2D eigenvalue weighted by Crippen LogP contribution is 2.35. The van der Waals surface area contributed by atoms with Crippen molar-refractivity contribution in [3.8, 4) is 11.1 Å². The van der Waals surface area contributed by atoms with Gasteiger partial charge in [0.25, 0.3) is 5.91 Å². The molecular formula is C25H24FN5O5S2. The molecule has 0 spiro atoms. The van der Waals surface area contributed by atoms with Gasteiger partial charge in [0.05, 0.1) is 23.3 Å². The molecule has 1 aliphatic rings. The van der Waals surface area contributed by atoms with Crippen molar-refractivity contribution < 1.29 is 27.2 Å². The van der Waals surface area contributed by atoms with Crippen LogP contribution in [-0.2, 0) is 19.4 Å². The second kappa shape index (κ2) is 11.2. The summed E-state index contributed by atoms with van der Waals surface area (Å²) in [5, 5.41) is 6.00. The number of nitrogens with zero attached hydrogens (tertiary/aromatic N) is 2. The Morgan fingerprint density at radius 2 is 1.89 bits per heavy atom. The van der Waals surface area contributed by atoms with Crippen LogP contribution in [0.4, 0.5) is 4.39 Å². The van der Waals surface area contributed by atoms with Crippen LogP contribution in [0.3, 0.4) is 0 Å². The van der Waals surface area contributed by atoms with Gasteiger partial charge in [-0.25, -0.2) is 24.4 Å². The fraction of sp³-hybridized carbons (Fsp3) is 0.320. The lowest BCUT2D eigenvalue weighted by Gasteiger charge is -2.12. The second-order valence-electron chi connectivity index (χ2n) is 8.84. The summed E-state index contributed by atoms with van der Waals surface area (Å²) in [5.74, 6) is -2.25. The molecule has 1 aromatic heterocycles. The Bertz CT molecular complexity index is 1540. The zero-order valence-corrected chi connectivity index (χ0v) is 21.9. The van der Waals surface area contributed by atoms with Crippen molar-refractivity contribution in [3.05, 3.63) is 64.2 Å². The van der Waals surface area contributed by atoms with Crippen molar-refractivity contribution in [1.82, 2.24) is 20.9 Å². The summed E-state index contributed by atoms with van der Waals surface area (Å²) in [6.07, 6.45) is 2.65. The topological polar surface area (TPSA) is 139 Å². The summed E-state index contributed by atoms with van der Waals surface area (Å²) in [6.45, 7) is 6.79. The van der Waals surface area contributed by atoms with E-state index in [1.165, 1.54) is 18.2 Å². The summed E-state index contributed by atoms with van der Waals surface area (Å²) in [4.78, 5) is 44.2. The van der Waals surface area contributed by atoms with Crippen LogP contribution in [0.5, 0.6) is 0 Å². The summed E-state index contributed by atoms with van der Waals surface area (Å²) < 4.78 is 40.5. The van der Waals surface area contributed by atoms with Crippen LogP contribution in [0.25, 0.3) is 26.2 Å². The Kier molecular flexibility index (Phi) is 8.03. The number of carbonyl (C=O) groups excluding carboxylic acids is 3. The fourth-order valence-corrected chi connectivity index (χ4v) is 6.21. The number of hydrogen-bond donors (Lipinski definition) is 3. The molecule has 0 saturated heterocycles. The fourth-order valence-electron chi connectivity index (χ4n) is 3.68. The number of fused-ring (bicyclic) bond motifs is 1. The number of hydrogen-bond acceptors (Lipinski definition) is 7. The molecule has 4 rings (SSSR count). The molecule has 0 aliphatic heterocycles. The van der Waals surface area contributed by atoms with Crippen molar-refractivity contribution in [2.45, 2.75) is 24.1 Å². The molecule has 3 N–H and O–H groups in total. The molecule has 38 heavy (non-hydrogen) atoms. The van der Waals surface area contributed by atoms with Crippen LogP contribution in [0.1, 0.15) is 33.5 Å². The monoisotopic (exact) mass is 557 g/mol. The molecule has 1 atom stereocenters. The first-order valence-corrected chi connectivity index (χ1v) is 14.4. The molecule has 198 valence electrons. The van der Waals surface area contributed by atoms with Crippen molar-refractivity contribution in [2.75, 3.05) is 25.9 Å². The van der Waals surface area contributed by atoms with Gasteiger partial charge >= 0.3 is 0 Å². The van der Waals surface area contributed by atoms with Crippen LogP contribution in [0.15, 0.2) is 36.4 Å². The van der Waals surface area contributed by atoms with E-state index in [1.807, 2.05) is 0 Å². The summed E-state index contributed by atoms with van der Waals surface area (Å²) >= 11 is 0.946. The molecule has 13 heteroatoms. The van der Waals surface area contributed by atoms with E-state index in [9.17, 15) is 22.8 Å². The first-order chi connectivity index (χ1) is 18.1. The number of amides is 3. The predicted octanol–water partition coefficient (Wildman–Crippen LogP) is 2.23. The number of benzene rings is 2. The molecular weight excluding hydrogens is 533 g/mol. The average Bonchev–Trinajstić information content (AvgIpc) is 3.59. The van der Waals surface area contributed by atoms with E-state index < -0.39 is 32.7 Å². The smallest absolute Gasteiger partial charge is 0.251 e. The van der Waals surface area contributed by atoms with Gasteiger partial charge in [0.1, 0.15) is 10.8 Å². The zero-order valence-electron chi connectivity index (χ0n) is 20.3. The van der Waals surface area contributed by atoms with Crippen molar-refractivity contribution in [2.24, 2.45) is 0 Å². The third-order valence-corrected chi connectivity index (χ3v) is 8.24. The molecule has 1 heterocycles. The number of halogens is 1. The van der Waals surface area contributed by atoms with E-state index in [1.54, 1.807) is 12.1 Å². The Hall–Kier alpha value is -3.89. The van der Waals surface area contributed by atoms with Crippen molar-refractivity contribution in [3.63, 3.8) is 0 Å². The SMILES string of the molecule is [C-]#[N+]CCNC(=O)c1ccc(-c2cc3sc(C(C(=O)NCC(=O)NC4CC4)S(C)(=O)=O)nc3cc2F)cc1. The van der Waals surface area contributed by atoms with E-state index in [-0.39, 0.29) is 47.7 Å². The molecule has 0 radical (unpaired) electrons. The molecule has 1 unspecified atom stereocenters. The number of rotatable bonds is 10. The molecule has 1 aliphatic carbocycles.